The highest BCUT2D eigenvalue weighted by molar-refractivity contribution is 5.76. The molecule has 1 saturated heterocycles. The molecule has 0 saturated carbocycles. The summed E-state index contributed by atoms with van der Waals surface area (Å²) in [6.45, 7) is 4.68. The van der Waals surface area contributed by atoms with E-state index in [1.54, 1.807) is 0 Å². The van der Waals surface area contributed by atoms with Crippen molar-refractivity contribution in [2.24, 2.45) is 0 Å². The number of anilines is 1. The number of rotatable bonds is 7. The molecule has 0 spiro atoms. The fraction of sp³-hybridized carbons (Fsp3) is 0.611. The van der Waals surface area contributed by atoms with Crippen molar-refractivity contribution in [2.75, 3.05) is 25.4 Å². The molecule has 4 nitrogen and oxygen atoms in total. The van der Waals surface area contributed by atoms with Crippen LogP contribution in [0, 0.1) is 0 Å². The molecule has 1 heterocycles. The zero-order valence-electron chi connectivity index (χ0n) is 13.6. The Labute approximate surface area is 133 Å². The predicted octanol–water partition coefficient (Wildman–Crippen LogP) is 3.39. The highest BCUT2D eigenvalue weighted by atomic mass is 16.5. The monoisotopic (exact) mass is 304 g/mol. The Bertz CT molecular complexity index is 482. The van der Waals surface area contributed by atoms with Crippen molar-refractivity contribution in [3.05, 3.63) is 23.8 Å². The van der Waals surface area contributed by atoms with Crippen LogP contribution in [0.2, 0.25) is 0 Å². The smallest absolute Gasteiger partial charge is 0.222 e. The maximum Gasteiger partial charge on any atom is 0.222 e. The quantitative estimate of drug-likeness (QED) is 0.620. The summed E-state index contributed by atoms with van der Waals surface area (Å²) in [7, 11) is 0. The number of piperidine rings is 1. The van der Waals surface area contributed by atoms with Gasteiger partial charge >= 0.3 is 0 Å². The molecular formula is C18H28N2O2. The lowest BCUT2D eigenvalue weighted by atomic mass is 10.1. The van der Waals surface area contributed by atoms with Gasteiger partial charge in [-0.15, -0.1) is 0 Å². The Hall–Kier alpha value is -1.71. The molecule has 1 amide bonds. The first-order valence-electron chi connectivity index (χ1n) is 8.49. The van der Waals surface area contributed by atoms with Gasteiger partial charge in [-0.2, -0.15) is 0 Å². The summed E-state index contributed by atoms with van der Waals surface area (Å²) >= 11 is 0. The predicted molar refractivity (Wildman–Crippen MR) is 90.0 cm³/mol. The van der Waals surface area contributed by atoms with Gasteiger partial charge in [0.05, 0.1) is 12.3 Å². The van der Waals surface area contributed by atoms with E-state index in [-0.39, 0.29) is 5.91 Å². The second-order valence-electron chi connectivity index (χ2n) is 6.02. The molecule has 2 rings (SSSR count). The minimum absolute atomic E-state index is 0.265. The third kappa shape index (κ3) is 4.93. The number of aryl methyl sites for hydroxylation is 1. The van der Waals surface area contributed by atoms with E-state index in [1.165, 1.54) is 6.42 Å². The average Bonchev–Trinajstić information content (AvgIpc) is 2.55. The summed E-state index contributed by atoms with van der Waals surface area (Å²) in [5.74, 6) is 1.01. The molecular weight excluding hydrogens is 276 g/mol. The number of unbranched alkanes of at least 4 members (excludes halogenated alkanes) is 1. The molecule has 0 unspecified atom stereocenters. The van der Waals surface area contributed by atoms with Crippen LogP contribution in [-0.4, -0.2) is 30.5 Å². The van der Waals surface area contributed by atoms with Crippen LogP contribution >= 0.6 is 0 Å². The lowest BCUT2D eigenvalue weighted by molar-refractivity contribution is -0.132. The number of hydrogen-bond donors (Lipinski definition) is 1. The van der Waals surface area contributed by atoms with Gasteiger partial charge in [0.2, 0.25) is 5.91 Å². The van der Waals surface area contributed by atoms with Crippen LogP contribution in [0.15, 0.2) is 18.2 Å². The van der Waals surface area contributed by atoms with E-state index >= 15 is 0 Å². The molecule has 1 fully saturated rings. The zero-order chi connectivity index (χ0) is 15.8. The number of benzene rings is 1. The number of hydrogen-bond acceptors (Lipinski definition) is 3. The van der Waals surface area contributed by atoms with E-state index in [9.17, 15) is 4.79 Å². The van der Waals surface area contributed by atoms with Gasteiger partial charge < -0.3 is 15.4 Å². The van der Waals surface area contributed by atoms with Gasteiger partial charge in [-0.3, -0.25) is 4.79 Å². The lowest BCUT2D eigenvalue weighted by Crippen LogP contribution is -2.35. The largest absolute Gasteiger partial charge is 0.491 e. The standard InChI is InChI=1S/C18H28N2O2/c1-2-3-13-22-17-9-7-15(14-16(17)19)8-10-18(21)20-11-5-4-6-12-20/h7,9,14H,2-6,8,10-13,19H2,1H3. The van der Waals surface area contributed by atoms with Gasteiger partial charge in [-0.05, 0) is 49.8 Å². The summed E-state index contributed by atoms with van der Waals surface area (Å²) < 4.78 is 5.65. The van der Waals surface area contributed by atoms with Crippen LogP contribution in [0.1, 0.15) is 51.0 Å². The van der Waals surface area contributed by atoms with Crippen LogP contribution in [0.25, 0.3) is 0 Å². The number of nitrogens with two attached hydrogens (primary N) is 1. The molecule has 0 atom stereocenters. The fourth-order valence-electron chi connectivity index (χ4n) is 2.76. The average molecular weight is 304 g/mol. The van der Waals surface area contributed by atoms with Crippen LogP contribution in [-0.2, 0) is 11.2 Å². The second-order valence-corrected chi connectivity index (χ2v) is 6.02. The lowest BCUT2D eigenvalue weighted by Gasteiger charge is -2.26. The minimum atomic E-state index is 0.265. The second kappa shape index (κ2) is 8.66. The molecule has 2 N–H and O–H groups in total. The van der Waals surface area contributed by atoms with Crippen LogP contribution < -0.4 is 10.5 Å². The van der Waals surface area contributed by atoms with E-state index < -0.39 is 0 Å². The molecule has 0 bridgehead atoms. The van der Waals surface area contributed by atoms with Gasteiger partial charge in [0.15, 0.2) is 0 Å². The number of carbonyl (C=O) groups excluding carboxylic acids is 1. The normalized spacial score (nSPS) is 14.9. The Morgan fingerprint density at radius 1 is 1.27 bits per heavy atom. The first-order valence-corrected chi connectivity index (χ1v) is 8.49. The molecule has 0 radical (unpaired) electrons. The van der Waals surface area contributed by atoms with Crippen molar-refractivity contribution < 1.29 is 9.53 Å². The minimum Gasteiger partial charge on any atom is -0.491 e. The SMILES string of the molecule is CCCCOc1ccc(CCC(=O)N2CCCCC2)cc1N. The van der Waals surface area contributed by atoms with Crippen LogP contribution in [0.4, 0.5) is 5.69 Å². The fourth-order valence-corrected chi connectivity index (χ4v) is 2.76. The number of nitrogens with zero attached hydrogens (tertiary/aromatic N) is 1. The van der Waals surface area contributed by atoms with Crippen molar-refractivity contribution in [3.8, 4) is 5.75 Å². The van der Waals surface area contributed by atoms with Crippen LogP contribution in [0.5, 0.6) is 5.75 Å². The highest BCUT2D eigenvalue weighted by Gasteiger charge is 2.16. The first kappa shape index (κ1) is 16.7. The molecule has 4 heteroatoms. The molecule has 0 aliphatic carbocycles. The van der Waals surface area contributed by atoms with E-state index in [2.05, 4.69) is 6.92 Å². The third-order valence-electron chi connectivity index (χ3n) is 4.17. The summed E-state index contributed by atoms with van der Waals surface area (Å²) in [6.07, 6.45) is 6.98. The van der Waals surface area contributed by atoms with Gasteiger partial charge in [0, 0.05) is 19.5 Å². The van der Waals surface area contributed by atoms with E-state index in [0.29, 0.717) is 18.7 Å². The van der Waals surface area contributed by atoms with Crippen molar-refractivity contribution in [2.45, 2.75) is 51.9 Å². The van der Waals surface area contributed by atoms with E-state index in [4.69, 9.17) is 10.5 Å². The molecule has 1 aromatic rings. The number of amides is 1. The van der Waals surface area contributed by atoms with Crippen molar-refractivity contribution in [3.63, 3.8) is 0 Å². The summed E-state index contributed by atoms with van der Waals surface area (Å²) in [6, 6.07) is 5.87. The van der Waals surface area contributed by atoms with Crippen molar-refractivity contribution in [1.82, 2.24) is 4.90 Å². The van der Waals surface area contributed by atoms with Gasteiger partial charge in [-0.25, -0.2) is 0 Å². The van der Waals surface area contributed by atoms with Gasteiger partial charge in [-0.1, -0.05) is 19.4 Å². The molecule has 122 valence electrons. The Balaban J connectivity index is 1.82. The van der Waals surface area contributed by atoms with Crippen molar-refractivity contribution >= 4 is 11.6 Å². The molecule has 1 aliphatic rings. The molecule has 0 aromatic heterocycles. The van der Waals surface area contributed by atoms with E-state index in [0.717, 1.165) is 56.5 Å². The highest BCUT2D eigenvalue weighted by Crippen LogP contribution is 2.23. The molecule has 1 aromatic carbocycles. The van der Waals surface area contributed by atoms with Gasteiger partial charge in [0.1, 0.15) is 5.75 Å². The molecule has 1 aliphatic heterocycles. The number of nitrogen functional groups attached to an aromatic ring is 1. The molecule has 22 heavy (non-hydrogen) atoms. The topological polar surface area (TPSA) is 55.6 Å². The van der Waals surface area contributed by atoms with Crippen LogP contribution in [0.3, 0.4) is 0 Å². The van der Waals surface area contributed by atoms with Crippen molar-refractivity contribution in [1.29, 1.82) is 0 Å². The third-order valence-corrected chi connectivity index (χ3v) is 4.17. The Morgan fingerprint density at radius 3 is 2.73 bits per heavy atom. The summed E-state index contributed by atoms with van der Waals surface area (Å²) in [4.78, 5) is 14.2. The number of ether oxygens (including phenoxy) is 1. The zero-order valence-corrected chi connectivity index (χ0v) is 13.6. The van der Waals surface area contributed by atoms with E-state index in [1.807, 2.05) is 23.1 Å². The maximum absolute atomic E-state index is 12.2. The van der Waals surface area contributed by atoms with Gasteiger partial charge in [0.25, 0.3) is 0 Å². The summed E-state index contributed by atoms with van der Waals surface area (Å²) in [5, 5.41) is 0. The first-order chi connectivity index (χ1) is 10.7. The summed E-state index contributed by atoms with van der Waals surface area (Å²) in [5.41, 5.74) is 7.80. The maximum atomic E-state index is 12.2. The number of carbonyl (C=O) groups is 1. The Morgan fingerprint density at radius 2 is 2.05 bits per heavy atom. The number of likely N-dealkylation sites (tertiary alicyclic amines) is 1. The Kier molecular flexibility index (Phi) is 6.56.